The van der Waals surface area contributed by atoms with Crippen LogP contribution in [0.25, 0.3) is 10.9 Å². The van der Waals surface area contributed by atoms with Gasteiger partial charge >= 0.3 is 5.97 Å². The van der Waals surface area contributed by atoms with Gasteiger partial charge in [0.15, 0.2) is 5.76 Å². The second-order valence-electron chi connectivity index (χ2n) is 9.50. The molecule has 0 saturated carbocycles. The Kier molecular flexibility index (Phi) is 5.87. The van der Waals surface area contributed by atoms with Crippen molar-refractivity contribution in [2.24, 2.45) is 0 Å². The zero-order chi connectivity index (χ0) is 25.7. The van der Waals surface area contributed by atoms with Crippen LogP contribution in [-0.4, -0.2) is 57.6 Å². The van der Waals surface area contributed by atoms with Gasteiger partial charge in [-0.2, -0.15) is 0 Å². The van der Waals surface area contributed by atoms with Gasteiger partial charge in [0.25, 0.3) is 11.6 Å². The molecule has 184 valence electrons. The van der Waals surface area contributed by atoms with E-state index < -0.39 is 27.4 Å². The Morgan fingerprint density at radius 1 is 1.17 bits per heavy atom. The SMILES string of the molecule is Cc1c(N2CCN(C(=O)c3ccco3)CC2)c([N+](=O)[O-])cc2c(=O)c(C(=O)O)cn(C(C)(C)C)c12. The number of aryl methyl sites for hydroxylation is 1. The number of nitrogens with zero attached hydrogens (tertiary/aromatic N) is 4. The van der Waals surface area contributed by atoms with Crippen molar-refractivity contribution < 1.29 is 24.0 Å². The molecule has 1 aliphatic heterocycles. The number of rotatable bonds is 4. The number of aromatic nitrogens is 1. The monoisotopic (exact) mass is 482 g/mol. The molecule has 0 atom stereocenters. The lowest BCUT2D eigenvalue weighted by Crippen LogP contribution is -2.49. The minimum Gasteiger partial charge on any atom is -0.477 e. The third kappa shape index (κ3) is 4.13. The van der Waals surface area contributed by atoms with Crippen LogP contribution in [0.2, 0.25) is 0 Å². The molecule has 11 heteroatoms. The van der Waals surface area contributed by atoms with Crippen LogP contribution in [0.3, 0.4) is 0 Å². The van der Waals surface area contributed by atoms with E-state index in [0.717, 1.165) is 0 Å². The molecule has 0 bridgehead atoms. The summed E-state index contributed by atoms with van der Waals surface area (Å²) >= 11 is 0. The van der Waals surface area contributed by atoms with Crippen molar-refractivity contribution in [1.82, 2.24) is 9.47 Å². The fraction of sp³-hybridized carbons (Fsp3) is 0.375. The molecule has 0 spiro atoms. The number of aromatic carboxylic acids is 1. The van der Waals surface area contributed by atoms with E-state index in [4.69, 9.17) is 4.42 Å². The maximum absolute atomic E-state index is 13.0. The van der Waals surface area contributed by atoms with E-state index in [-0.39, 0.29) is 22.7 Å². The smallest absolute Gasteiger partial charge is 0.341 e. The minimum absolute atomic E-state index is 0.0144. The van der Waals surface area contributed by atoms with Gasteiger partial charge in [0.1, 0.15) is 11.3 Å². The molecule has 35 heavy (non-hydrogen) atoms. The molecule has 2 aromatic heterocycles. The van der Waals surface area contributed by atoms with Gasteiger partial charge in [0.05, 0.1) is 22.1 Å². The first-order valence-electron chi connectivity index (χ1n) is 11.1. The van der Waals surface area contributed by atoms with Crippen molar-refractivity contribution in [2.45, 2.75) is 33.2 Å². The molecule has 1 saturated heterocycles. The number of pyridine rings is 1. The number of amides is 1. The lowest BCUT2D eigenvalue weighted by atomic mass is 9.99. The molecule has 0 radical (unpaired) electrons. The predicted molar refractivity (Wildman–Crippen MR) is 128 cm³/mol. The maximum atomic E-state index is 13.0. The van der Waals surface area contributed by atoms with Crippen molar-refractivity contribution in [2.75, 3.05) is 31.1 Å². The first-order valence-corrected chi connectivity index (χ1v) is 11.1. The van der Waals surface area contributed by atoms with Gasteiger partial charge in [-0.1, -0.05) is 0 Å². The van der Waals surface area contributed by atoms with Gasteiger partial charge in [-0.15, -0.1) is 0 Å². The van der Waals surface area contributed by atoms with E-state index in [2.05, 4.69) is 0 Å². The summed E-state index contributed by atoms with van der Waals surface area (Å²) in [5.74, 6) is -1.41. The number of carboxylic acid groups (broad SMARTS) is 1. The number of nitro groups is 1. The van der Waals surface area contributed by atoms with Gasteiger partial charge < -0.3 is 23.9 Å². The second-order valence-corrected chi connectivity index (χ2v) is 9.50. The highest BCUT2D eigenvalue weighted by Crippen LogP contribution is 2.38. The minimum atomic E-state index is -1.39. The number of benzene rings is 1. The number of fused-ring (bicyclic) bond motifs is 1. The second kappa shape index (κ2) is 8.57. The Hall–Kier alpha value is -4.15. The highest BCUT2D eigenvalue weighted by molar-refractivity contribution is 5.97. The zero-order valence-electron chi connectivity index (χ0n) is 19.9. The molecule has 0 aliphatic carbocycles. The molecular weight excluding hydrogens is 456 g/mol. The lowest BCUT2D eigenvalue weighted by molar-refractivity contribution is -0.384. The average Bonchev–Trinajstić information content (AvgIpc) is 3.33. The molecule has 1 fully saturated rings. The molecule has 1 amide bonds. The molecule has 1 aliphatic rings. The van der Waals surface area contributed by atoms with Crippen molar-refractivity contribution in [3.63, 3.8) is 0 Å². The first-order chi connectivity index (χ1) is 16.4. The summed E-state index contributed by atoms with van der Waals surface area (Å²) in [6, 6.07) is 4.40. The van der Waals surface area contributed by atoms with Crippen molar-refractivity contribution >= 4 is 34.2 Å². The van der Waals surface area contributed by atoms with E-state index in [1.807, 2.05) is 25.7 Å². The Balaban J connectivity index is 1.85. The molecule has 3 heterocycles. The van der Waals surface area contributed by atoms with E-state index in [9.17, 15) is 29.6 Å². The predicted octanol–water partition coefficient (Wildman–Crippen LogP) is 3.23. The molecular formula is C24H26N4O7. The average molecular weight is 482 g/mol. The van der Waals surface area contributed by atoms with Crippen LogP contribution in [-0.2, 0) is 5.54 Å². The Morgan fingerprint density at radius 3 is 2.34 bits per heavy atom. The topological polar surface area (TPSA) is 139 Å². The number of hydrogen-bond donors (Lipinski definition) is 1. The first kappa shape index (κ1) is 24.0. The Morgan fingerprint density at radius 2 is 1.83 bits per heavy atom. The summed E-state index contributed by atoms with van der Waals surface area (Å²) < 4.78 is 6.88. The number of anilines is 1. The molecule has 1 N–H and O–H groups in total. The third-order valence-electron chi connectivity index (χ3n) is 6.24. The van der Waals surface area contributed by atoms with E-state index in [0.29, 0.717) is 42.9 Å². The normalized spacial score (nSPS) is 14.4. The zero-order valence-corrected chi connectivity index (χ0v) is 19.9. The summed E-state index contributed by atoms with van der Waals surface area (Å²) in [7, 11) is 0. The van der Waals surface area contributed by atoms with E-state index >= 15 is 0 Å². The summed E-state index contributed by atoms with van der Waals surface area (Å²) in [4.78, 5) is 52.3. The highest BCUT2D eigenvalue weighted by Gasteiger charge is 2.32. The van der Waals surface area contributed by atoms with Crippen LogP contribution in [0, 0.1) is 17.0 Å². The van der Waals surface area contributed by atoms with Crippen LogP contribution >= 0.6 is 0 Å². The van der Waals surface area contributed by atoms with E-state index in [1.165, 1.54) is 18.5 Å². The number of hydrogen-bond acceptors (Lipinski definition) is 7. The quantitative estimate of drug-likeness (QED) is 0.442. The van der Waals surface area contributed by atoms with Gasteiger partial charge in [0.2, 0.25) is 5.43 Å². The summed E-state index contributed by atoms with van der Waals surface area (Å²) in [6.07, 6.45) is 2.73. The third-order valence-corrected chi connectivity index (χ3v) is 6.24. The molecule has 11 nitrogen and oxygen atoms in total. The van der Waals surface area contributed by atoms with Crippen LogP contribution in [0.4, 0.5) is 11.4 Å². The highest BCUT2D eigenvalue weighted by atomic mass is 16.6. The van der Waals surface area contributed by atoms with Crippen LogP contribution in [0.5, 0.6) is 0 Å². The standard InChI is InChI=1S/C24H26N4O7/c1-14-19-15(21(29)16(23(31)32)13-27(19)24(2,3)4)12-17(28(33)34)20(14)25-7-9-26(10-8-25)22(30)18-6-5-11-35-18/h5-6,11-13H,7-10H2,1-4H3,(H,31,32). The number of carbonyl (C=O) groups is 2. The van der Waals surface area contributed by atoms with Gasteiger partial charge in [-0.25, -0.2) is 4.79 Å². The van der Waals surface area contributed by atoms with Crippen molar-refractivity contribution in [1.29, 1.82) is 0 Å². The number of nitro benzene ring substituents is 1. The Bertz CT molecular complexity index is 1390. The fourth-order valence-electron chi connectivity index (χ4n) is 4.57. The number of piperazine rings is 1. The van der Waals surface area contributed by atoms with Crippen molar-refractivity contribution in [3.8, 4) is 0 Å². The maximum Gasteiger partial charge on any atom is 0.341 e. The van der Waals surface area contributed by atoms with Gasteiger partial charge in [0, 0.05) is 49.5 Å². The Labute approximate surface area is 200 Å². The van der Waals surface area contributed by atoms with E-state index in [1.54, 1.807) is 28.5 Å². The van der Waals surface area contributed by atoms with Crippen LogP contribution < -0.4 is 10.3 Å². The van der Waals surface area contributed by atoms with Crippen LogP contribution in [0.15, 0.2) is 39.9 Å². The fourth-order valence-corrected chi connectivity index (χ4v) is 4.57. The van der Waals surface area contributed by atoms with Gasteiger partial charge in [-0.05, 0) is 39.8 Å². The number of furan rings is 1. The largest absolute Gasteiger partial charge is 0.477 e. The molecule has 1 aromatic carbocycles. The number of carbonyl (C=O) groups excluding carboxylic acids is 1. The van der Waals surface area contributed by atoms with Gasteiger partial charge in [-0.3, -0.25) is 19.7 Å². The summed E-state index contributed by atoms with van der Waals surface area (Å²) in [5.41, 5.74) is -0.790. The van der Waals surface area contributed by atoms with Crippen molar-refractivity contribution in [3.05, 3.63) is 67.9 Å². The summed E-state index contributed by atoms with van der Waals surface area (Å²) in [6.45, 7) is 8.63. The van der Waals surface area contributed by atoms with Crippen LogP contribution in [0.1, 0.15) is 47.2 Å². The molecule has 0 unspecified atom stereocenters. The summed E-state index contributed by atoms with van der Waals surface area (Å²) in [5, 5.41) is 21.6. The lowest BCUT2D eigenvalue weighted by Gasteiger charge is -2.36. The number of carboxylic acids is 1. The molecule has 4 rings (SSSR count). The molecule has 3 aromatic rings.